The Hall–Kier alpha value is -1.46. The van der Waals surface area contributed by atoms with Crippen LogP contribution < -0.4 is 5.56 Å². The molecule has 0 N–H and O–H groups in total. The van der Waals surface area contributed by atoms with E-state index in [2.05, 4.69) is 36.2 Å². The van der Waals surface area contributed by atoms with Crippen molar-refractivity contribution >= 4 is 29.6 Å². The summed E-state index contributed by atoms with van der Waals surface area (Å²) < 4.78 is 1.67. The SMILES string of the molecule is CC1Cc2nc(SC/C=C/c3ccccc3)n(C)c(=O)c2S1. The maximum absolute atomic E-state index is 12.4. The summed E-state index contributed by atoms with van der Waals surface area (Å²) in [7, 11) is 1.81. The zero-order valence-corrected chi connectivity index (χ0v) is 14.3. The fraction of sp³-hybridized carbons (Fsp3) is 0.294. The first-order chi connectivity index (χ1) is 10.6. The average Bonchev–Trinajstić information content (AvgIpc) is 2.90. The lowest BCUT2D eigenvalue weighted by molar-refractivity contribution is 0.666. The van der Waals surface area contributed by atoms with Gasteiger partial charge in [0.1, 0.15) is 0 Å². The Bertz CT molecular complexity index is 753. The molecule has 0 bridgehead atoms. The van der Waals surface area contributed by atoms with Gasteiger partial charge in [-0.05, 0) is 5.56 Å². The number of thioether (sulfide) groups is 2. The topological polar surface area (TPSA) is 34.9 Å². The van der Waals surface area contributed by atoms with E-state index in [1.807, 2.05) is 25.2 Å². The summed E-state index contributed by atoms with van der Waals surface area (Å²) >= 11 is 3.25. The van der Waals surface area contributed by atoms with Crippen molar-refractivity contribution in [3.05, 3.63) is 58.0 Å². The Balaban J connectivity index is 1.71. The molecular formula is C17H18N2OS2. The molecule has 3 rings (SSSR count). The van der Waals surface area contributed by atoms with E-state index in [0.29, 0.717) is 5.25 Å². The van der Waals surface area contributed by atoms with Gasteiger partial charge in [-0.25, -0.2) is 4.98 Å². The Morgan fingerprint density at radius 1 is 1.41 bits per heavy atom. The van der Waals surface area contributed by atoms with E-state index >= 15 is 0 Å². The number of nitrogens with zero attached hydrogens (tertiary/aromatic N) is 2. The summed E-state index contributed by atoms with van der Waals surface area (Å²) in [6.45, 7) is 2.14. The highest BCUT2D eigenvalue weighted by atomic mass is 32.2. The van der Waals surface area contributed by atoms with E-state index in [4.69, 9.17) is 0 Å². The van der Waals surface area contributed by atoms with Crippen molar-refractivity contribution in [2.45, 2.75) is 28.6 Å². The standard InChI is InChI=1S/C17H18N2OS2/c1-12-11-14-15(22-12)16(20)19(2)17(18-14)21-10-6-9-13-7-4-3-5-8-13/h3-9,12H,10-11H2,1-2H3/b9-6+. The number of benzene rings is 1. The molecule has 0 amide bonds. The van der Waals surface area contributed by atoms with Crippen molar-refractivity contribution in [1.29, 1.82) is 0 Å². The predicted molar refractivity (Wildman–Crippen MR) is 94.7 cm³/mol. The molecule has 2 heterocycles. The van der Waals surface area contributed by atoms with Crippen LogP contribution in [0.15, 0.2) is 51.3 Å². The molecule has 1 aliphatic heterocycles. The first kappa shape index (κ1) is 15.4. The van der Waals surface area contributed by atoms with Crippen LogP contribution in [-0.4, -0.2) is 20.6 Å². The smallest absolute Gasteiger partial charge is 0.267 e. The Morgan fingerprint density at radius 2 is 2.18 bits per heavy atom. The molecule has 5 heteroatoms. The summed E-state index contributed by atoms with van der Waals surface area (Å²) in [5.74, 6) is 0.802. The Morgan fingerprint density at radius 3 is 2.95 bits per heavy atom. The lowest BCUT2D eigenvalue weighted by Gasteiger charge is -2.07. The molecule has 1 aliphatic rings. The lowest BCUT2D eigenvalue weighted by atomic mass is 10.2. The molecule has 1 unspecified atom stereocenters. The zero-order chi connectivity index (χ0) is 15.5. The maximum atomic E-state index is 12.4. The normalized spacial score (nSPS) is 17.1. The first-order valence-electron chi connectivity index (χ1n) is 7.26. The third-order valence-electron chi connectivity index (χ3n) is 3.50. The molecule has 1 aromatic carbocycles. The largest absolute Gasteiger partial charge is 0.290 e. The molecule has 0 saturated carbocycles. The van der Waals surface area contributed by atoms with Crippen molar-refractivity contribution in [2.75, 3.05) is 5.75 Å². The average molecular weight is 330 g/mol. The third kappa shape index (κ3) is 3.31. The van der Waals surface area contributed by atoms with Gasteiger partial charge in [0, 0.05) is 24.5 Å². The number of hydrogen-bond acceptors (Lipinski definition) is 4. The second-order valence-electron chi connectivity index (χ2n) is 5.29. The first-order valence-corrected chi connectivity index (χ1v) is 9.12. The highest BCUT2D eigenvalue weighted by molar-refractivity contribution is 8.00. The fourth-order valence-electron chi connectivity index (χ4n) is 2.38. The predicted octanol–water partition coefficient (Wildman–Crippen LogP) is 3.62. The van der Waals surface area contributed by atoms with Crippen LogP contribution in [-0.2, 0) is 13.5 Å². The van der Waals surface area contributed by atoms with Crippen molar-refractivity contribution in [2.24, 2.45) is 7.05 Å². The highest BCUT2D eigenvalue weighted by Gasteiger charge is 2.25. The summed E-state index contributed by atoms with van der Waals surface area (Å²) in [6, 6.07) is 10.2. The molecule has 0 spiro atoms. The van der Waals surface area contributed by atoms with Crippen LogP contribution in [0.3, 0.4) is 0 Å². The van der Waals surface area contributed by atoms with Crippen LogP contribution >= 0.6 is 23.5 Å². The molecule has 114 valence electrons. The number of aromatic nitrogens is 2. The van der Waals surface area contributed by atoms with E-state index in [9.17, 15) is 4.79 Å². The maximum Gasteiger partial charge on any atom is 0.267 e. The summed E-state index contributed by atoms with van der Waals surface area (Å²) in [5, 5.41) is 1.25. The van der Waals surface area contributed by atoms with E-state index in [0.717, 1.165) is 27.9 Å². The molecule has 0 aliphatic carbocycles. The summed E-state index contributed by atoms with van der Waals surface area (Å²) in [4.78, 5) is 17.9. The quantitative estimate of drug-likeness (QED) is 0.633. The van der Waals surface area contributed by atoms with Crippen molar-refractivity contribution in [3.63, 3.8) is 0 Å². The van der Waals surface area contributed by atoms with Crippen molar-refractivity contribution < 1.29 is 0 Å². The van der Waals surface area contributed by atoms with Crippen LogP contribution in [0.1, 0.15) is 18.2 Å². The molecule has 22 heavy (non-hydrogen) atoms. The van der Waals surface area contributed by atoms with Crippen molar-refractivity contribution in [3.8, 4) is 0 Å². The third-order valence-corrected chi connectivity index (χ3v) is 5.69. The molecule has 1 aromatic heterocycles. The van der Waals surface area contributed by atoms with Gasteiger partial charge in [-0.2, -0.15) is 0 Å². The van der Waals surface area contributed by atoms with Crippen LogP contribution in [0.5, 0.6) is 0 Å². The molecule has 0 radical (unpaired) electrons. The van der Waals surface area contributed by atoms with Gasteiger partial charge in [0.05, 0.1) is 10.6 Å². The van der Waals surface area contributed by atoms with E-state index in [1.54, 1.807) is 28.1 Å². The number of fused-ring (bicyclic) bond motifs is 1. The molecular weight excluding hydrogens is 312 g/mol. The van der Waals surface area contributed by atoms with Crippen LogP contribution in [0, 0.1) is 0 Å². The van der Waals surface area contributed by atoms with Gasteiger partial charge in [0.2, 0.25) is 0 Å². The molecule has 0 fully saturated rings. The molecule has 2 aromatic rings. The number of hydrogen-bond donors (Lipinski definition) is 0. The van der Waals surface area contributed by atoms with Gasteiger partial charge in [-0.15, -0.1) is 11.8 Å². The van der Waals surface area contributed by atoms with Crippen LogP contribution in [0.4, 0.5) is 0 Å². The lowest BCUT2D eigenvalue weighted by Crippen LogP contribution is -2.22. The molecule has 0 saturated heterocycles. The van der Waals surface area contributed by atoms with Gasteiger partial charge < -0.3 is 0 Å². The summed E-state index contributed by atoms with van der Waals surface area (Å²) in [5.41, 5.74) is 2.24. The second-order valence-corrected chi connectivity index (χ2v) is 7.73. The van der Waals surface area contributed by atoms with E-state index < -0.39 is 0 Å². The summed E-state index contributed by atoms with van der Waals surface area (Å²) in [6.07, 6.45) is 5.09. The zero-order valence-electron chi connectivity index (χ0n) is 12.7. The van der Waals surface area contributed by atoms with Crippen LogP contribution in [0.25, 0.3) is 6.08 Å². The van der Waals surface area contributed by atoms with Gasteiger partial charge >= 0.3 is 0 Å². The monoisotopic (exact) mass is 330 g/mol. The second kappa shape index (κ2) is 6.75. The molecule has 1 atom stereocenters. The fourth-order valence-corrected chi connectivity index (χ4v) is 4.32. The van der Waals surface area contributed by atoms with E-state index in [1.165, 1.54) is 5.56 Å². The highest BCUT2D eigenvalue weighted by Crippen LogP contribution is 2.33. The van der Waals surface area contributed by atoms with Gasteiger partial charge in [-0.1, -0.05) is 61.2 Å². The molecule has 3 nitrogen and oxygen atoms in total. The van der Waals surface area contributed by atoms with Gasteiger partial charge in [0.15, 0.2) is 5.16 Å². The van der Waals surface area contributed by atoms with Crippen molar-refractivity contribution in [1.82, 2.24) is 9.55 Å². The minimum Gasteiger partial charge on any atom is -0.290 e. The Kier molecular flexibility index (Phi) is 4.74. The van der Waals surface area contributed by atoms with E-state index in [-0.39, 0.29) is 5.56 Å². The Labute approximate surface area is 138 Å². The van der Waals surface area contributed by atoms with Crippen LogP contribution in [0.2, 0.25) is 0 Å². The van der Waals surface area contributed by atoms with Gasteiger partial charge in [-0.3, -0.25) is 9.36 Å². The minimum atomic E-state index is 0.0916. The van der Waals surface area contributed by atoms with Gasteiger partial charge in [0.25, 0.3) is 5.56 Å². The minimum absolute atomic E-state index is 0.0916. The number of rotatable bonds is 4.